The standard InChI is InChI=1S/C28H24N2O/c1-27(2)23-14-8-9-15-24(23)30(18-20-10-4-3-5-11-20)28(27)19-29-26-22-13-7-6-12-21(22)16-17-25(26)31-28/h3-17,19H,18H2,1-2H3/t28-/m0/s1. The quantitative estimate of drug-likeness (QED) is 0.375. The van der Waals surface area contributed by atoms with Crippen LogP contribution in [-0.4, -0.2) is 11.9 Å². The van der Waals surface area contributed by atoms with Gasteiger partial charge in [-0.05, 0) is 42.5 Å². The minimum absolute atomic E-state index is 0.286. The number of hydrogen-bond acceptors (Lipinski definition) is 3. The molecule has 0 saturated carbocycles. The summed E-state index contributed by atoms with van der Waals surface area (Å²) in [6.07, 6.45) is 2.03. The molecule has 0 amide bonds. The predicted octanol–water partition coefficient (Wildman–Crippen LogP) is 6.63. The molecule has 0 N–H and O–H groups in total. The first-order valence-electron chi connectivity index (χ1n) is 10.8. The average molecular weight is 405 g/mol. The third-order valence-corrected chi connectivity index (χ3v) is 6.85. The van der Waals surface area contributed by atoms with Crippen LogP contribution < -0.4 is 9.64 Å². The molecule has 2 aliphatic rings. The zero-order chi connectivity index (χ0) is 21.1. The average Bonchev–Trinajstić information content (AvgIpc) is 2.98. The van der Waals surface area contributed by atoms with E-state index in [2.05, 4.69) is 110 Å². The molecular formula is C28H24N2O. The molecule has 152 valence electrons. The second kappa shape index (κ2) is 6.45. The highest BCUT2D eigenvalue weighted by atomic mass is 16.5. The highest BCUT2D eigenvalue weighted by Crippen LogP contribution is 2.55. The van der Waals surface area contributed by atoms with E-state index in [-0.39, 0.29) is 5.41 Å². The first-order chi connectivity index (χ1) is 15.1. The van der Waals surface area contributed by atoms with Gasteiger partial charge in [0.15, 0.2) is 0 Å². The van der Waals surface area contributed by atoms with Crippen molar-refractivity contribution in [2.24, 2.45) is 4.99 Å². The number of fused-ring (bicyclic) bond motifs is 4. The largest absolute Gasteiger partial charge is 0.459 e. The third kappa shape index (κ3) is 2.50. The topological polar surface area (TPSA) is 24.8 Å². The molecule has 31 heavy (non-hydrogen) atoms. The van der Waals surface area contributed by atoms with E-state index < -0.39 is 5.72 Å². The summed E-state index contributed by atoms with van der Waals surface area (Å²) in [6, 6.07) is 31.7. The molecule has 3 nitrogen and oxygen atoms in total. The van der Waals surface area contributed by atoms with Gasteiger partial charge in [-0.2, -0.15) is 0 Å². The Balaban J connectivity index is 1.54. The highest BCUT2D eigenvalue weighted by molar-refractivity contribution is 5.99. The minimum Gasteiger partial charge on any atom is -0.459 e. The zero-order valence-corrected chi connectivity index (χ0v) is 17.7. The van der Waals surface area contributed by atoms with Crippen LogP contribution in [0.3, 0.4) is 0 Å². The number of para-hydroxylation sites is 1. The smallest absolute Gasteiger partial charge is 0.229 e. The number of rotatable bonds is 2. The number of benzene rings is 4. The van der Waals surface area contributed by atoms with Crippen LogP contribution in [0.25, 0.3) is 10.8 Å². The third-order valence-electron chi connectivity index (χ3n) is 6.85. The van der Waals surface area contributed by atoms with Crippen LogP contribution in [0.1, 0.15) is 25.0 Å². The van der Waals surface area contributed by atoms with Gasteiger partial charge in [-0.1, -0.05) is 78.9 Å². The van der Waals surface area contributed by atoms with Gasteiger partial charge in [0.05, 0.1) is 11.6 Å². The summed E-state index contributed by atoms with van der Waals surface area (Å²) in [4.78, 5) is 7.41. The monoisotopic (exact) mass is 404 g/mol. The van der Waals surface area contributed by atoms with Crippen molar-refractivity contribution in [3.63, 3.8) is 0 Å². The molecule has 1 atom stereocenters. The van der Waals surface area contributed by atoms with Crippen LogP contribution >= 0.6 is 0 Å². The first kappa shape index (κ1) is 18.2. The lowest BCUT2D eigenvalue weighted by Crippen LogP contribution is -2.61. The Morgan fingerprint density at radius 1 is 0.806 bits per heavy atom. The van der Waals surface area contributed by atoms with Crippen molar-refractivity contribution in [2.75, 3.05) is 4.90 Å². The number of anilines is 1. The zero-order valence-electron chi connectivity index (χ0n) is 17.7. The fourth-order valence-electron chi connectivity index (χ4n) is 5.13. The van der Waals surface area contributed by atoms with Crippen molar-refractivity contribution in [1.29, 1.82) is 0 Å². The van der Waals surface area contributed by atoms with Crippen LogP contribution in [0, 0.1) is 0 Å². The van der Waals surface area contributed by atoms with Crippen molar-refractivity contribution in [2.45, 2.75) is 31.5 Å². The molecule has 0 bridgehead atoms. The van der Waals surface area contributed by atoms with E-state index in [4.69, 9.17) is 9.73 Å². The normalized spacial score (nSPS) is 20.5. The molecule has 2 heterocycles. The van der Waals surface area contributed by atoms with E-state index in [0.717, 1.165) is 23.4 Å². The van der Waals surface area contributed by atoms with Gasteiger partial charge >= 0.3 is 0 Å². The Bertz CT molecular complexity index is 1330. The van der Waals surface area contributed by atoms with Gasteiger partial charge < -0.3 is 9.64 Å². The Labute approximate surface area is 182 Å². The highest BCUT2D eigenvalue weighted by Gasteiger charge is 2.59. The molecule has 6 rings (SSSR count). The predicted molar refractivity (Wildman–Crippen MR) is 128 cm³/mol. The van der Waals surface area contributed by atoms with Crippen molar-refractivity contribution >= 4 is 28.4 Å². The van der Waals surface area contributed by atoms with Crippen LogP contribution in [0.5, 0.6) is 5.75 Å². The number of hydrogen-bond donors (Lipinski definition) is 0. The summed E-state index contributed by atoms with van der Waals surface area (Å²) in [7, 11) is 0. The Kier molecular flexibility index (Phi) is 3.79. The number of nitrogens with zero attached hydrogens (tertiary/aromatic N) is 2. The van der Waals surface area contributed by atoms with Gasteiger partial charge in [-0.15, -0.1) is 0 Å². The fraction of sp³-hybridized carbons (Fsp3) is 0.179. The SMILES string of the molecule is CC1(C)c2ccccc2N(Cc2ccccc2)[C@]12C=Nc1c(ccc3ccccc13)O2. The van der Waals surface area contributed by atoms with Crippen LogP contribution in [0.15, 0.2) is 96.0 Å². The van der Waals surface area contributed by atoms with Crippen molar-refractivity contribution < 1.29 is 4.74 Å². The lowest BCUT2D eigenvalue weighted by atomic mass is 9.77. The van der Waals surface area contributed by atoms with E-state index in [1.54, 1.807) is 0 Å². The second-order valence-electron chi connectivity index (χ2n) is 8.90. The molecule has 0 unspecified atom stereocenters. The summed E-state index contributed by atoms with van der Waals surface area (Å²) in [5.41, 5.74) is 3.65. The van der Waals surface area contributed by atoms with Gasteiger partial charge in [-0.3, -0.25) is 4.99 Å². The molecule has 0 aliphatic carbocycles. The summed E-state index contributed by atoms with van der Waals surface area (Å²) in [5, 5.41) is 2.29. The van der Waals surface area contributed by atoms with Crippen molar-refractivity contribution in [3.8, 4) is 5.75 Å². The maximum Gasteiger partial charge on any atom is 0.229 e. The van der Waals surface area contributed by atoms with Gasteiger partial charge in [0.2, 0.25) is 5.72 Å². The molecule has 0 saturated heterocycles. The Hall–Kier alpha value is -3.59. The maximum absolute atomic E-state index is 6.95. The number of aliphatic imine (C=N–C) groups is 1. The molecule has 0 fully saturated rings. The first-order valence-corrected chi connectivity index (χ1v) is 10.8. The lowest BCUT2D eigenvalue weighted by molar-refractivity contribution is 0.0764. The molecule has 3 heteroatoms. The van der Waals surface area contributed by atoms with Crippen molar-refractivity contribution in [1.82, 2.24) is 0 Å². The fourth-order valence-corrected chi connectivity index (χ4v) is 5.13. The molecule has 1 spiro atoms. The van der Waals surface area contributed by atoms with E-state index in [0.29, 0.717) is 0 Å². The summed E-state index contributed by atoms with van der Waals surface area (Å²) in [6.45, 7) is 5.26. The summed E-state index contributed by atoms with van der Waals surface area (Å²) < 4.78 is 6.95. The summed E-state index contributed by atoms with van der Waals surface area (Å²) >= 11 is 0. The lowest BCUT2D eigenvalue weighted by Gasteiger charge is -2.46. The molecule has 0 aromatic heterocycles. The van der Waals surface area contributed by atoms with E-state index >= 15 is 0 Å². The molecule has 4 aromatic rings. The molecule has 2 aliphatic heterocycles. The van der Waals surface area contributed by atoms with Gasteiger partial charge in [0, 0.05) is 17.6 Å². The van der Waals surface area contributed by atoms with Gasteiger partial charge in [0.1, 0.15) is 11.4 Å². The summed E-state index contributed by atoms with van der Waals surface area (Å²) in [5.74, 6) is 0.833. The van der Waals surface area contributed by atoms with E-state index in [9.17, 15) is 0 Å². The van der Waals surface area contributed by atoms with Crippen molar-refractivity contribution in [3.05, 3.63) is 102 Å². The molecule has 0 radical (unpaired) electrons. The molecular weight excluding hydrogens is 380 g/mol. The van der Waals surface area contributed by atoms with E-state index in [1.165, 1.54) is 22.2 Å². The Morgan fingerprint density at radius 2 is 1.55 bits per heavy atom. The maximum atomic E-state index is 6.95. The van der Waals surface area contributed by atoms with Gasteiger partial charge in [-0.25, -0.2) is 0 Å². The Morgan fingerprint density at radius 3 is 2.42 bits per heavy atom. The van der Waals surface area contributed by atoms with E-state index in [1.807, 2.05) is 6.21 Å². The van der Waals surface area contributed by atoms with Gasteiger partial charge in [0.25, 0.3) is 0 Å². The van der Waals surface area contributed by atoms with Crippen LogP contribution in [0.4, 0.5) is 11.4 Å². The minimum atomic E-state index is -0.706. The second-order valence-corrected chi connectivity index (χ2v) is 8.90. The van der Waals surface area contributed by atoms with Crippen LogP contribution in [-0.2, 0) is 12.0 Å². The van der Waals surface area contributed by atoms with Crippen LogP contribution in [0.2, 0.25) is 0 Å². The number of ether oxygens (including phenoxy) is 1. The molecule has 4 aromatic carbocycles.